The number of hydrogen-bond donors (Lipinski definition) is 2. The number of ether oxygens (including phenoxy) is 1. The third-order valence-electron chi connectivity index (χ3n) is 3.72. The van der Waals surface area contributed by atoms with Crippen LogP contribution in [-0.4, -0.2) is 16.7 Å². The predicted molar refractivity (Wildman–Crippen MR) is 83.1 cm³/mol. The van der Waals surface area contributed by atoms with Gasteiger partial charge >= 0.3 is 6.09 Å². The molecule has 1 aliphatic carbocycles. The largest absolute Gasteiger partial charge is 0.444 e. The molecule has 0 spiro atoms. The molecule has 0 bridgehead atoms. The van der Waals surface area contributed by atoms with E-state index in [2.05, 4.69) is 22.4 Å². The van der Waals surface area contributed by atoms with Crippen molar-refractivity contribution in [3.8, 4) is 0 Å². The molecule has 0 aliphatic heterocycles. The summed E-state index contributed by atoms with van der Waals surface area (Å²) < 4.78 is 5.40. The normalized spacial score (nSPS) is 16.7. The average Bonchev–Trinajstić information content (AvgIpc) is 3.14. The summed E-state index contributed by atoms with van der Waals surface area (Å²) in [6, 6.07) is 8.20. The van der Waals surface area contributed by atoms with Gasteiger partial charge in [-0.15, -0.1) is 0 Å². The van der Waals surface area contributed by atoms with Crippen LogP contribution in [-0.2, 0) is 4.74 Å². The van der Waals surface area contributed by atoms with Crippen molar-refractivity contribution >= 4 is 17.0 Å². The molecule has 0 radical (unpaired) electrons. The Hall–Kier alpha value is -1.97. The van der Waals surface area contributed by atoms with E-state index in [1.165, 1.54) is 5.39 Å². The van der Waals surface area contributed by atoms with Crippen LogP contribution in [0.25, 0.3) is 10.9 Å². The number of H-pyrrole nitrogens is 1. The fourth-order valence-corrected chi connectivity index (χ4v) is 2.66. The first-order valence-electron chi connectivity index (χ1n) is 7.49. The highest BCUT2D eigenvalue weighted by Crippen LogP contribution is 2.43. The lowest BCUT2D eigenvalue weighted by Crippen LogP contribution is -2.35. The lowest BCUT2D eigenvalue weighted by atomic mass is 10.0. The van der Waals surface area contributed by atoms with Crippen molar-refractivity contribution in [3.05, 3.63) is 36.0 Å². The molecule has 0 saturated heterocycles. The van der Waals surface area contributed by atoms with Crippen LogP contribution in [0.1, 0.15) is 45.2 Å². The Bertz CT molecular complexity index is 650. The molecule has 1 heterocycles. The summed E-state index contributed by atoms with van der Waals surface area (Å²) in [5, 5.41) is 4.22. The minimum atomic E-state index is -0.474. The van der Waals surface area contributed by atoms with E-state index < -0.39 is 5.60 Å². The molecule has 21 heavy (non-hydrogen) atoms. The lowest BCUT2D eigenvalue weighted by Gasteiger charge is -2.23. The second-order valence-corrected chi connectivity index (χ2v) is 6.75. The standard InChI is InChI=1S/C17H22N2O2/c1-17(2,3)21-16(20)19-15(11-8-9-11)13-10-18-14-7-5-4-6-12(13)14/h4-7,10-11,15,18H,8-9H2,1-3H3,(H,19,20). The summed E-state index contributed by atoms with van der Waals surface area (Å²) in [5.74, 6) is 0.511. The molecule has 3 rings (SSSR count). The van der Waals surface area contributed by atoms with Crippen molar-refractivity contribution in [3.63, 3.8) is 0 Å². The zero-order valence-electron chi connectivity index (χ0n) is 12.8. The van der Waals surface area contributed by atoms with Gasteiger partial charge in [-0.2, -0.15) is 0 Å². The molecule has 4 heteroatoms. The van der Waals surface area contributed by atoms with Gasteiger partial charge < -0.3 is 15.0 Å². The van der Waals surface area contributed by atoms with E-state index in [4.69, 9.17) is 4.74 Å². The number of para-hydroxylation sites is 1. The number of hydrogen-bond acceptors (Lipinski definition) is 2. The number of rotatable bonds is 3. The van der Waals surface area contributed by atoms with Gasteiger partial charge in [0.1, 0.15) is 5.60 Å². The van der Waals surface area contributed by atoms with Gasteiger partial charge in [0.05, 0.1) is 6.04 Å². The first-order valence-corrected chi connectivity index (χ1v) is 7.49. The number of aromatic amines is 1. The number of fused-ring (bicyclic) bond motifs is 1. The predicted octanol–water partition coefficient (Wildman–Crippen LogP) is 4.14. The molecule has 1 fully saturated rings. The quantitative estimate of drug-likeness (QED) is 0.890. The molecule has 1 unspecified atom stereocenters. The first kappa shape index (κ1) is 14.0. The maximum absolute atomic E-state index is 12.1. The van der Waals surface area contributed by atoms with Crippen molar-refractivity contribution in [2.24, 2.45) is 5.92 Å². The van der Waals surface area contributed by atoms with Gasteiger partial charge in [0.25, 0.3) is 0 Å². The monoisotopic (exact) mass is 286 g/mol. The third-order valence-corrected chi connectivity index (χ3v) is 3.72. The smallest absolute Gasteiger partial charge is 0.408 e. The van der Waals surface area contributed by atoms with Crippen LogP contribution < -0.4 is 5.32 Å². The maximum Gasteiger partial charge on any atom is 0.408 e. The topological polar surface area (TPSA) is 54.1 Å². The Morgan fingerprint density at radius 2 is 2.05 bits per heavy atom. The number of alkyl carbamates (subject to hydrolysis) is 1. The zero-order valence-corrected chi connectivity index (χ0v) is 12.8. The average molecular weight is 286 g/mol. The number of benzene rings is 1. The molecule has 2 aromatic rings. The summed E-state index contributed by atoms with van der Waals surface area (Å²) in [5.41, 5.74) is 1.78. The molecule has 1 aromatic heterocycles. The molecule has 2 N–H and O–H groups in total. The van der Waals surface area contributed by atoms with Crippen LogP contribution in [0, 0.1) is 5.92 Å². The van der Waals surface area contributed by atoms with Crippen molar-refractivity contribution in [2.75, 3.05) is 0 Å². The van der Waals surface area contributed by atoms with E-state index in [1.807, 2.05) is 39.1 Å². The van der Waals surface area contributed by atoms with Gasteiger partial charge in [0.15, 0.2) is 0 Å². The molecule has 1 saturated carbocycles. The van der Waals surface area contributed by atoms with Crippen LogP contribution in [0.15, 0.2) is 30.5 Å². The van der Waals surface area contributed by atoms with Crippen molar-refractivity contribution in [1.29, 1.82) is 0 Å². The molecule has 1 amide bonds. The van der Waals surface area contributed by atoms with E-state index >= 15 is 0 Å². The number of amides is 1. The van der Waals surface area contributed by atoms with Crippen molar-refractivity contribution in [2.45, 2.75) is 45.3 Å². The molecule has 1 aliphatic rings. The highest BCUT2D eigenvalue weighted by Gasteiger charge is 2.35. The molecular formula is C17H22N2O2. The fraction of sp³-hybridized carbons (Fsp3) is 0.471. The van der Waals surface area contributed by atoms with Gasteiger partial charge in [0.2, 0.25) is 0 Å². The van der Waals surface area contributed by atoms with Gasteiger partial charge in [-0.1, -0.05) is 18.2 Å². The number of carbonyl (C=O) groups excluding carboxylic acids is 1. The Balaban J connectivity index is 1.84. The minimum Gasteiger partial charge on any atom is -0.444 e. The highest BCUT2D eigenvalue weighted by atomic mass is 16.6. The summed E-state index contributed by atoms with van der Waals surface area (Å²) in [6.45, 7) is 5.64. The van der Waals surface area contributed by atoms with Crippen molar-refractivity contribution < 1.29 is 9.53 Å². The van der Waals surface area contributed by atoms with Crippen LogP contribution >= 0.6 is 0 Å². The Morgan fingerprint density at radius 3 is 2.71 bits per heavy atom. The second kappa shape index (κ2) is 5.10. The molecule has 112 valence electrons. The maximum atomic E-state index is 12.1. The SMILES string of the molecule is CC(C)(C)OC(=O)NC(c1c[nH]c2ccccc12)C1CC1. The molecule has 1 aromatic carbocycles. The van der Waals surface area contributed by atoms with Gasteiger partial charge in [0, 0.05) is 22.7 Å². The summed E-state index contributed by atoms with van der Waals surface area (Å²) in [4.78, 5) is 15.4. The highest BCUT2D eigenvalue weighted by molar-refractivity contribution is 5.84. The lowest BCUT2D eigenvalue weighted by molar-refractivity contribution is 0.0497. The summed E-state index contributed by atoms with van der Waals surface area (Å²) >= 11 is 0. The van der Waals surface area contributed by atoms with Crippen molar-refractivity contribution in [1.82, 2.24) is 10.3 Å². The number of carbonyl (C=O) groups is 1. The van der Waals surface area contributed by atoms with E-state index in [-0.39, 0.29) is 12.1 Å². The Labute approximate surface area is 124 Å². The van der Waals surface area contributed by atoms with Crippen LogP contribution in [0.3, 0.4) is 0 Å². The fourth-order valence-electron chi connectivity index (χ4n) is 2.66. The Morgan fingerprint density at radius 1 is 1.33 bits per heavy atom. The molecule has 4 nitrogen and oxygen atoms in total. The van der Waals surface area contributed by atoms with E-state index in [9.17, 15) is 4.79 Å². The second-order valence-electron chi connectivity index (χ2n) is 6.75. The summed E-state index contributed by atoms with van der Waals surface area (Å²) in [7, 11) is 0. The zero-order chi connectivity index (χ0) is 15.0. The first-order chi connectivity index (χ1) is 9.94. The van der Waals surface area contributed by atoms with Crippen LogP contribution in [0.4, 0.5) is 4.79 Å². The van der Waals surface area contributed by atoms with Crippen LogP contribution in [0.5, 0.6) is 0 Å². The van der Waals surface area contributed by atoms with E-state index in [0.29, 0.717) is 5.92 Å². The Kier molecular flexibility index (Phi) is 3.40. The van der Waals surface area contributed by atoms with Gasteiger partial charge in [-0.3, -0.25) is 0 Å². The van der Waals surface area contributed by atoms with Crippen LogP contribution in [0.2, 0.25) is 0 Å². The number of aromatic nitrogens is 1. The minimum absolute atomic E-state index is 0.0241. The number of nitrogens with one attached hydrogen (secondary N) is 2. The molecule has 1 atom stereocenters. The summed E-state index contributed by atoms with van der Waals surface area (Å²) in [6.07, 6.45) is 3.97. The molecular weight excluding hydrogens is 264 g/mol. The van der Waals surface area contributed by atoms with Gasteiger partial charge in [-0.05, 0) is 45.6 Å². The third kappa shape index (κ3) is 3.20. The van der Waals surface area contributed by atoms with Gasteiger partial charge in [-0.25, -0.2) is 4.79 Å². The van der Waals surface area contributed by atoms with E-state index in [0.717, 1.165) is 23.9 Å². The van der Waals surface area contributed by atoms with E-state index in [1.54, 1.807) is 0 Å².